The molecular formula is C28H22CdO6. The molecule has 0 bridgehead atoms. The van der Waals surface area contributed by atoms with E-state index in [1.165, 1.54) is 0 Å². The zero-order valence-electron chi connectivity index (χ0n) is 18.8. The van der Waals surface area contributed by atoms with Crippen LogP contribution in [0.25, 0.3) is 0 Å². The summed E-state index contributed by atoms with van der Waals surface area (Å²) in [4.78, 5) is 22.5. The molecule has 0 unspecified atom stereocenters. The van der Waals surface area contributed by atoms with Gasteiger partial charge in [-0.15, -0.1) is 0 Å². The Labute approximate surface area is 223 Å². The molecule has 0 saturated carbocycles. The van der Waals surface area contributed by atoms with Crippen LogP contribution in [-0.4, -0.2) is 22.2 Å². The number of carbonyl (C=O) groups excluding carboxylic acids is 2. The van der Waals surface area contributed by atoms with Crippen molar-refractivity contribution in [3.63, 3.8) is 0 Å². The third kappa shape index (κ3) is 6.02. The van der Waals surface area contributed by atoms with Gasteiger partial charge >= 0.3 is 27.3 Å². The van der Waals surface area contributed by atoms with Crippen LogP contribution in [0, 0.1) is 0 Å². The predicted molar refractivity (Wildman–Crippen MR) is 122 cm³/mol. The first kappa shape index (κ1) is 27.9. The summed E-state index contributed by atoms with van der Waals surface area (Å²) < 4.78 is 0. The van der Waals surface area contributed by atoms with E-state index in [2.05, 4.69) is 0 Å². The average molecular weight is 567 g/mol. The number of aliphatic carboxylic acids is 2. The Morgan fingerprint density at radius 2 is 0.629 bits per heavy atom. The second kappa shape index (κ2) is 12.4. The van der Waals surface area contributed by atoms with Crippen molar-refractivity contribution in [2.75, 3.05) is 0 Å². The fraction of sp³-hybridized carbons (Fsp3) is 0.0714. The molecule has 4 aromatic carbocycles. The molecule has 7 heteroatoms. The fourth-order valence-corrected chi connectivity index (χ4v) is 3.52. The van der Waals surface area contributed by atoms with E-state index in [1.807, 2.05) is 0 Å². The second-order valence-electron chi connectivity index (χ2n) is 7.46. The van der Waals surface area contributed by atoms with Crippen molar-refractivity contribution in [3.8, 4) is 0 Å². The maximum Gasteiger partial charge on any atom is 2.00 e. The van der Waals surface area contributed by atoms with Crippen molar-refractivity contribution in [2.45, 2.75) is 11.2 Å². The van der Waals surface area contributed by atoms with Crippen LogP contribution in [0.5, 0.6) is 0 Å². The Kier molecular flexibility index (Phi) is 9.88. The van der Waals surface area contributed by atoms with Gasteiger partial charge in [-0.3, -0.25) is 0 Å². The number of carboxylic acids is 2. The molecule has 0 aliphatic heterocycles. The van der Waals surface area contributed by atoms with E-state index < -0.39 is 23.1 Å². The molecule has 4 aromatic rings. The number of carbonyl (C=O) groups is 2. The van der Waals surface area contributed by atoms with E-state index in [0.717, 1.165) is 0 Å². The quantitative estimate of drug-likeness (QED) is 0.340. The van der Waals surface area contributed by atoms with Gasteiger partial charge in [0.15, 0.2) is 11.2 Å². The molecule has 0 saturated heterocycles. The van der Waals surface area contributed by atoms with E-state index in [9.17, 15) is 30.0 Å². The first-order valence-electron chi connectivity index (χ1n) is 10.4. The smallest absolute Gasteiger partial charge is 0.546 e. The molecule has 0 amide bonds. The minimum Gasteiger partial charge on any atom is -0.546 e. The Morgan fingerprint density at radius 3 is 0.771 bits per heavy atom. The third-order valence-electron chi connectivity index (χ3n) is 5.36. The fourth-order valence-electron chi connectivity index (χ4n) is 3.52. The zero-order valence-corrected chi connectivity index (χ0v) is 22.8. The molecule has 0 atom stereocenters. The molecule has 0 heterocycles. The minimum absolute atomic E-state index is 0. The van der Waals surface area contributed by atoms with Crippen LogP contribution in [-0.2, 0) is 48.1 Å². The summed E-state index contributed by atoms with van der Waals surface area (Å²) in [5, 5.41) is 43.3. The van der Waals surface area contributed by atoms with E-state index >= 15 is 0 Å². The number of rotatable bonds is 6. The summed E-state index contributed by atoms with van der Waals surface area (Å²) >= 11 is 0. The number of aliphatic hydroxyl groups is 2. The summed E-state index contributed by atoms with van der Waals surface area (Å²) in [6, 6.07) is 32.9. The van der Waals surface area contributed by atoms with Gasteiger partial charge in [-0.05, 0) is 22.3 Å². The van der Waals surface area contributed by atoms with Crippen molar-refractivity contribution in [1.82, 2.24) is 0 Å². The summed E-state index contributed by atoms with van der Waals surface area (Å²) in [6.45, 7) is 0. The predicted octanol–water partition coefficient (Wildman–Crippen LogP) is 1.34. The molecule has 0 aliphatic rings. The Bertz CT molecular complexity index is 1040. The van der Waals surface area contributed by atoms with Crippen molar-refractivity contribution in [3.05, 3.63) is 144 Å². The molecular weight excluding hydrogens is 545 g/mol. The van der Waals surface area contributed by atoms with Gasteiger partial charge in [-0.1, -0.05) is 121 Å². The molecule has 0 radical (unpaired) electrons. The normalized spacial score (nSPS) is 10.8. The van der Waals surface area contributed by atoms with Gasteiger partial charge in [0, 0.05) is 0 Å². The third-order valence-corrected chi connectivity index (χ3v) is 5.36. The van der Waals surface area contributed by atoms with Crippen LogP contribution in [0.2, 0.25) is 0 Å². The van der Waals surface area contributed by atoms with E-state index in [1.54, 1.807) is 121 Å². The van der Waals surface area contributed by atoms with Crippen LogP contribution in [0.3, 0.4) is 0 Å². The van der Waals surface area contributed by atoms with E-state index in [-0.39, 0.29) is 49.6 Å². The van der Waals surface area contributed by atoms with Crippen LogP contribution < -0.4 is 10.2 Å². The SMILES string of the molecule is O=C([O-])C(O)(c1ccccc1)c1ccccc1.O=C([O-])C(O)(c1ccccc1)c1ccccc1.[Cd+2]. The van der Waals surface area contributed by atoms with Gasteiger partial charge in [0.05, 0.1) is 11.9 Å². The van der Waals surface area contributed by atoms with E-state index in [4.69, 9.17) is 0 Å². The van der Waals surface area contributed by atoms with Crippen LogP contribution >= 0.6 is 0 Å². The van der Waals surface area contributed by atoms with Crippen LogP contribution in [0.1, 0.15) is 22.3 Å². The van der Waals surface area contributed by atoms with Gasteiger partial charge in [0.25, 0.3) is 0 Å². The van der Waals surface area contributed by atoms with Crippen molar-refractivity contribution < 1.29 is 57.3 Å². The summed E-state index contributed by atoms with van der Waals surface area (Å²) in [6.07, 6.45) is 0. The Balaban J connectivity index is 0.000000240. The largest absolute Gasteiger partial charge is 2.00 e. The molecule has 0 fully saturated rings. The van der Waals surface area contributed by atoms with Gasteiger partial charge < -0.3 is 30.0 Å². The number of benzene rings is 4. The van der Waals surface area contributed by atoms with Crippen LogP contribution in [0.4, 0.5) is 0 Å². The molecule has 2 N–H and O–H groups in total. The number of carboxylic acid groups (broad SMARTS) is 2. The topological polar surface area (TPSA) is 121 Å². The summed E-state index contributed by atoms with van der Waals surface area (Å²) in [5.41, 5.74) is -3.08. The summed E-state index contributed by atoms with van der Waals surface area (Å²) in [7, 11) is 0. The maximum atomic E-state index is 11.3. The molecule has 0 aliphatic carbocycles. The minimum atomic E-state index is -2.11. The van der Waals surface area contributed by atoms with E-state index in [0.29, 0.717) is 0 Å². The van der Waals surface area contributed by atoms with Crippen molar-refractivity contribution in [1.29, 1.82) is 0 Å². The molecule has 4 rings (SSSR count). The van der Waals surface area contributed by atoms with Gasteiger partial charge in [0.1, 0.15) is 0 Å². The molecule has 0 aromatic heterocycles. The average Bonchev–Trinajstić information content (AvgIpc) is 2.90. The van der Waals surface area contributed by atoms with Gasteiger partial charge in [-0.2, -0.15) is 0 Å². The molecule has 35 heavy (non-hydrogen) atoms. The molecule has 0 spiro atoms. The Morgan fingerprint density at radius 1 is 0.457 bits per heavy atom. The Hall–Kier alpha value is -3.34. The zero-order chi connectivity index (χ0) is 24.6. The van der Waals surface area contributed by atoms with Crippen molar-refractivity contribution >= 4 is 11.9 Å². The van der Waals surface area contributed by atoms with Crippen molar-refractivity contribution in [2.24, 2.45) is 0 Å². The summed E-state index contributed by atoms with van der Waals surface area (Å²) in [5.74, 6) is -3.06. The second-order valence-corrected chi connectivity index (χ2v) is 7.46. The number of hydrogen-bond acceptors (Lipinski definition) is 6. The number of hydrogen-bond donors (Lipinski definition) is 2. The first-order chi connectivity index (χ1) is 16.3. The van der Waals surface area contributed by atoms with Gasteiger partial charge in [0.2, 0.25) is 0 Å². The van der Waals surface area contributed by atoms with Crippen LogP contribution in [0.15, 0.2) is 121 Å². The molecule has 6 nitrogen and oxygen atoms in total. The van der Waals surface area contributed by atoms with Gasteiger partial charge in [-0.25, -0.2) is 0 Å². The molecule has 172 valence electrons. The first-order valence-corrected chi connectivity index (χ1v) is 10.4. The standard InChI is InChI=1S/2C14H12O3.Cd/c2*15-13(16)14(17,11-7-3-1-4-8-11)12-9-5-2-6-10-12;/h2*1-10,17H,(H,15,16);/q;;+2/p-2. The maximum absolute atomic E-state index is 11.3. The monoisotopic (exact) mass is 568 g/mol.